The van der Waals surface area contributed by atoms with E-state index in [2.05, 4.69) is 31.3 Å². The summed E-state index contributed by atoms with van der Waals surface area (Å²) in [6.45, 7) is 4.96. The van der Waals surface area contributed by atoms with Gasteiger partial charge in [0.15, 0.2) is 0 Å². The fourth-order valence-electron chi connectivity index (χ4n) is 11.2. The molecule has 0 radical (unpaired) electrons. The van der Waals surface area contributed by atoms with Gasteiger partial charge in [-0.25, -0.2) is 0 Å². The number of amides is 1. The fourth-order valence-corrected chi connectivity index (χ4v) is 11.2. The molecule has 0 heterocycles. The van der Waals surface area contributed by atoms with Gasteiger partial charge in [0.2, 0.25) is 5.91 Å². The Morgan fingerprint density at radius 3 is 0.934 bits per heavy atom. The lowest BCUT2D eigenvalue weighted by Crippen LogP contribution is -2.45. The predicted molar refractivity (Wildman–Crippen MR) is 333 cm³/mol. The molecule has 0 aliphatic carbocycles. The summed E-state index contributed by atoms with van der Waals surface area (Å²) in [6, 6.07) is -0.535. The molecule has 0 aromatic rings. The van der Waals surface area contributed by atoms with E-state index in [4.69, 9.17) is 4.74 Å². The van der Waals surface area contributed by atoms with Crippen molar-refractivity contribution >= 4 is 11.9 Å². The maximum absolute atomic E-state index is 12.4. The van der Waals surface area contributed by atoms with E-state index in [0.29, 0.717) is 25.9 Å². The summed E-state index contributed by atoms with van der Waals surface area (Å²) in [7, 11) is 0. The number of carbonyl (C=O) groups is 2. The van der Waals surface area contributed by atoms with Crippen molar-refractivity contribution in [2.45, 2.75) is 411 Å². The number of rotatable bonds is 66. The zero-order valence-corrected chi connectivity index (χ0v) is 51.8. The van der Waals surface area contributed by atoms with Crippen LogP contribution in [0, 0.1) is 0 Å². The van der Waals surface area contributed by atoms with Crippen LogP contribution in [0.5, 0.6) is 0 Å². The zero-order chi connectivity index (χ0) is 55.0. The Bertz CT molecular complexity index is 1140. The minimum atomic E-state index is -0.658. The maximum Gasteiger partial charge on any atom is 0.305 e. The topological polar surface area (TPSA) is 95.9 Å². The van der Waals surface area contributed by atoms with Gasteiger partial charge in [0.1, 0.15) is 0 Å². The summed E-state index contributed by atoms with van der Waals surface area (Å²) < 4.78 is 5.48. The monoisotopic (exact) mass is 1070 g/mol. The van der Waals surface area contributed by atoms with Crippen LogP contribution in [0.1, 0.15) is 399 Å². The molecule has 0 bridgehead atoms. The number of ether oxygens (including phenoxy) is 1. The number of unbranched alkanes of at least 4 members (excludes halogenated alkanes) is 53. The fraction of sp³-hybridized carbons (Fsp3) is 0.943. The van der Waals surface area contributed by atoms with Crippen molar-refractivity contribution in [3.05, 3.63) is 12.2 Å². The molecular weight excluding hydrogens is 935 g/mol. The van der Waals surface area contributed by atoms with Crippen LogP contribution in [0.2, 0.25) is 0 Å². The second kappa shape index (κ2) is 66.1. The molecule has 0 aliphatic rings. The molecule has 6 heteroatoms. The molecule has 76 heavy (non-hydrogen) atoms. The van der Waals surface area contributed by atoms with Gasteiger partial charge in [-0.05, 0) is 51.4 Å². The van der Waals surface area contributed by atoms with Gasteiger partial charge in [-0.1, -0.05) is 347 Å². The van der Waals surface area contributed by atoms with Gasteiger partial charge in [0.25, 0.3) is 0 Å². The van der Waals surface area contributed by atoms with Crippen LogP contribution in [0.15, 0.2) is 12.2 Å². The lowest BCUT2D eigenvalue weighted by Gasteiger charge is -2.22. The Morgan fingerprint density at radius 2 is 0.618 bits per heavy atom. The number of hydrogen-bond donors (Lipinski definition) is 3. The second-order valence-electron chi connectivity index (χ2n) is 24.2. The molecule has 452 valence electrons. The van der Waals surface area contributed by atoms with Crippen molar-refractivity contribution in [2.75, 3.05) is 13.2 Å². The molecule has 2 unspecified atom stereocenters. The molecule has 0 spiro atoms. The highest BCUT2D eigenvalue weighted by molar-refractivity contribution is 5.76. The van der Waals surface area contributed by atoms with Crippen LogP contribution in [0.3, 0.4) is 0 Å². The Kier molecular flexibility index (Phi) is 64.9. The van der Waals surface area contributed by atoms with E-state index in [9.17, 15) is 19.8 Å². The van der Waals surface area contributed by atoms with Gasteiger partial charge >= 0.3 is 5.97 Å². The first-order valence-corrected chi connectivity index (χ1v) is 34.9. The maximum atomic E-state index is 12.4. The Morgan fingerprint density at radius 1 is 0.355 bits per heavy atom. The highest BCUT2D eigenvalue weighted by Gasteiger charge is 2.20. The van der Waals surface area contributed by atoms with Gasteiger partial charge in [-0.2, -0.15) is 0 Å². The van der Waals surface area contributed by atoms with E-state index in [1.807, 2.05) is 0 Å². The second-order valence-corrected chi connectivity index (χ2v) is 24.2. The van der Waals surface area contributed by atoms with Gasteiger partial charge in [0, 0.05) is 12.8 Å². The van der Waals surface area contributed by atoms with E-state index in [-0.39, 0.29) is 18.5 Å². The first kappa shape index (κ1) is 74.6. The molecule has 0 rings (SSSR count). The minimum Gasteiger partial charge on any atom is -0.466 e. The van der Waals surface area contributed by atoms with Crippen molar-refractivity contribution in [1.29, 1.82) is 0 Å². The highest BCUT2D eigenvalue weighted by atomic mass is 16.5. The number of nitrogens with one attached hydrogen (secondary N) is 1. The summed E-state index contributed by atoms with van der Waals surface area (Å²) in [5.74, 6) is -0.00828. The third-order valence-corrected chi connectivity index (χ3v) is 16.6. The van der Waals surface area contributed by atoms with Crippen molar-refractivity contribution in [3.8, 4) is 0 Å². The van der Waals surface area contributed by atoms with Gasteiger partial charge in [0.05, 0.1) is 25.4 Å². The third kappa shape index (κ3) is 61.8. The van der Waals surface area contributed by atoms with E-state index in [1.165, 1.54) is 327 Å². The lowest BCUT2D eigenvalue weighted by atomic mass is 10.0. The Hall–Kier alpha value is -1.40. The first-order valence-electron chi connectivity index (χ1n) is 34.9. The van der Waals surface area contributed by atoms with Crippen molar-refractivity contribution in [2.24, 2.45) is 0 Å². The van der Waals surface area contributed by atoms with Crippen LogP contribution in [-0.2, 0) is 14.3 Å². The van der Waals surface area contributed by atoms with Crippen molar-refractivity contribution < 1.29 is 24.5 Å². The molecule has 0 aliphatic heterocycles. The molecule has 3 N–H and O–H groups in total. The quantitative estimate of drug-likeness (QED) is 0.0320. The normalized spacial score (nSPS) is 12.5. The summed E-state index contributed by atoms with van der Waals surface area (Å²) >= 11 is 0. The minimum absolute atomic E-state index is 0.0227. The van der Waals surface area contributed by atoms with Crippen LogP contribution in [0.4, 0.5) is 0 Å². The lowest BCUT2D eigenvalue weighted by molar-refractivity contribution is -0.143. The molecule has 2 atom stereocenters. The average molecular weight is 1070 g/mol. The summed E-state index contributed by atoms with van der Waals surface area (Å²) in [5.41, 5.74) is 0. The van der Waals surface area contributed by atoms with Gasteiger partial charge < -0.3 is 20.3 Å². The largest absolute Gasteiger partial charge is 0.466 e. The molecule has 0 fully saturated rings. The number of hydrogen-bond acceptors (Lipinski definition) is 5. The third-order valence-electron chi connectivity index (χ3n) is 16.6. The van der Waals surface area contributed by atoms with E-state index >= 15 is 0 Å². The highest BCUT2D eigenvalue weighted by Crippen LogP contribution is 2.19. The van der Waals surface area contributed by atoms with Crippen LogP contribution in [0.25, 0.3) is 0 Å². The summed E-state index contributed by atoms with van der Waals surface area (Å²) in [4.78, 5) is 24.4. The first-order chi connectivity index (χ1) is 37.5. The number of allylic oxidation sites excluding steroid dienone is 2. The Balaban J connectivity index is 3.28. The summed E-state index contributed by atoms with van der Waals surface area (Å²) in [6.07, 6.45) is 81.5. The van der Waals surface area contributed by atoms with Crippen LogP contribution >= 0.6 is 0 Å². The van der Waals surface area contributed by atoms with Crippen molar-refractivity contribution in [1.82, 2.24) is 5.32 Å². The van der Waals surface area contributed by atoms with Crippen LogP contribution in [-0.4, -0.2) is 47.4 Å². The number of esters is 1. The number of carbonyl (C=O) groups excluding carboxylic acids is 2. The average Bonchev–Trinajstić information content (AvgIpc) is 3.42. The van der Waals surface area contributed by atoms with Crippen molar-refractivity contribution in [3.63, 3.8) is 0 Å². The van der Waals surface area contributed by atoms with Gasteiger partial charge in [-0.3, -0.25) is 9.59 Å². The number of aliphatic hydroxyl groups excluding tert-OH is 2. The predicted octanol–water partition coefficient (Wildman–Crippen LogP) is 22.4. The van der Waals surface area contributed by atoms with E-state index in [1.54, 1.807) is 0 Å². The van der Waals surface area contributed by atoms with Gasteiger partial charge in [-0.15, -0.1) is 0 Å². The van der Waals surface area contributed by atoms with Crippen LogP contribution < -0.4 is 5.32 Å². The Labute approximate surface area is 476 Å². The standard InChI is InChI=1S/C70H137NO5/c1-3-5-7-9-11-13-43-48-52-56-60-64-70(75)76-65-61-57-53-49-45-42-40-38-36-34-32-30-28-26-24-22-20-18-16-14-15-17-19-21-23-25-27-29-31-33-35-37-39-41-44-47-51-55-59-63-69(74)71-67(66-72)68(73)62-58-54-50-46-12-10-8-6-4-2/h14-15,67-68,72-73H,3-13,16-66H2,1-2H3,(H,71,74)/b15-14-. The SMILES string of the molecule is CCCCCCCCCCCCCC(=O)OCCCCCCCCCCCCCCCCCCCC/C=C\CCCCCCCCCCCCCCCCCCCC(=O)NC(CO)C(O)CCCCCCCCCCC. The molecule has 0 aromatic carbocycles. The zero-order valence-electron chi connectivity index (χ0n) is 51.8. The van der Waals surface area contributed by atoms with E-state index in [0.717, 1.165) is 38.5 Å². The molecule has 1 amide bonds. The molecule has 0 saturated carbocycles. The molecule has 6 nitrogen and oxygen atoms in total. The molecule has 0 aromatic heterocycles. The molecular formula is C70H137NO5. The molecule has 0 saturated heterocycles. The van der Waals surface area contributed by atoms with E-state index < -0.39 is 12.1 Å². The smallest absolute Gasteiger partial charge is 0.305 e. The number of aliphatic hydroxyl groups is 2. The summed E-state index contributed by atoms with van der Waals surface area (Å²) in [5, 5.41) is 23.1.